The Morgan fingerprint density at radius 3 is 2.61 bits per heavy atom. The minimum absolute atomic E-state index is 0.144. The second kappa shape index (κ2) is 10.9. The summed E-state index contributed by atoms with van der Waals surface area (Å²) in [5.74, 6) is -2.23. The van der Waals surface area contributed by atoms with Gasteiger partial charge in [-0.25, -0.2) is 0 Å². The fourth-order valence-electron chi connectivity index (χ4n) is 2.35. The normalized spacial score (nSPS) is 15.2. The second-order valence-electron chi connectivity index (χ2n) is 5.99. The lowest BCUT2D eigenvalue weighted by atomic mass is 10.2. The zero-order valence-electron chi connectivity index (χ0n) is 16.1. The molecule has 0 fully saturated rings. The number of aliphatic imine (C=N–C) groups is 1. The van der Waals surface area contributed by atoms with Gasteiger partial charge in [0.05, 0.1) is 23.8 Å². The summed E-state index contributed by atoms with van der Waals surface area (Å²) in [4.78, 5) is 22.2. The lowest BCUT2D eigenvalue weighted by Gasteiger charge is -2.26. The zero-order chi connectivity index (χ0) is 21.3. The Labute approximate surface area is 165 Å². The van der Waals surface area contributed by atoms with Crippen LogP contribution in [0, 0.1) is 0 Å². The second-order valence-corrected chi connectivity index (χ2v) is 7.75. The Bertz CT molecular complexity index is 736. The molecule has 6 nitrogen and oxygen atoms in total. The molecule has 2 atom stereocenters. The van der Waals surface area contributed by atoms with E-state index in [2.05, 4.69) is 9.98 Å². The van der Waals surface area contributed by atoms with Crippen molar-refractivity contribution in [2.75, 3.05) is 12.3 Å². The van der Waals surface area contributed by atoms with Crippen molar-refractivity contribution in [2.45, 2.75) is 45.0 Å². The third-order valence-electron chi connectivity index (χ3n) is 3.75. The number of carbonyl (C=O) groups is 1. The van der Waals surface area contributed by atoms with Gasteiger partial charge >= 0.3 is 6.18 Å². The fourth-order valence-corrected chi connectivity index (χ4v) is 3.28. The Hall–Kier alpha value is -2.23. The molecule has 2 unspecified atom stereocenters. The van der Waals surface area contributed by atoms with Crippen LogP contribution in [0.4, 0.5) is 18.9 Å². The summed E-state index contributed by atoms with van der Waals surface area (Å²) in [6.45, 7) is 4.93. The van der Waals surface area contributed by atoms with E-state index in [9.17, 15) is 22.2 Å². The number of alkyl halides is 3. The maximum atomic E-state index is 12.8. The van der Waals surface area contributed by atoms with E-state index in [0.717, 1.165) is 0 Å². The predicted molar refractivity (Wildman–Crippen MR) is 104 cm³/mol. The average molecular weight is 418 g/mol. The highest BCUT2D eigenvalue weighted by Crippen LogP contribution is 2.20. The molecular weight excluding hydrogens is 393 g/mol. The summed E-state index contributed by atoms with van der Waals surface area (Å²) >= 11 is 0. The first kappa shape index (κ1) is 23.8. The predicted octanol–water partition coefficient (Wildman–Crippen LogP) is 3.30. The molecule has 1 aromatic rings. The van der Waals surface area contributed by atoms with Gasteiger partial charge < -0.3 is 10.6 Å². The molecule has 156 valence electrons. The van der Waals surface area contributed by atoms with Gasteiger partial charge in [-0.2, -0.15) is 13.2 Å². The van der Waals surface area contributed by atoms with E-state index < -0.39 is 33.9 Å². The number of nitrogens with zero attached hydrogens (tertiary/aromatic N) is 3. The largest absolute Gasteiger partial charge is 0.400 e. The minimum Gasteiger partial charge on any atom is -0.400 e. The Kier molecular flexibility index (Phi) is 9.30. The van der Waals surface area contributed by atoms with Crippen LogP contribution in [0.15, 0.2) is 40.9 Å². The first-order chi connectivity index (χ1) is 13.1. The molecule has 0 aliphatic heterocycles. The first-order valence-corrected chi connectivity index (χ1v) is 10.2. The topological polar surface area (TPSA) is 88.7 Å². The van der Waals surface area contributed by atoms with Crippen LogP contribution in [-0.2, 0) is 15.6 Å². The molecule has 0 saturated heterocycles. The van der Waals surface area contributed by atoms with Crippen molar-refractivity contribution in [3.63, 3.8) is 0 Å². The Morgan fingerprint density at radius 1 is 1.43 bits per heavy atom. The van der Waals surface area contributed by atoms with Crippen LogP contribution in [-0.4, -0.2) is 49.9 Å². The van der Waals surface area contributed by atoms with Gasteiger partial charge in [0.15, 0.2) is 0 Å². The summed E-state index contributed by atoms with van der Waals surface area (Å²) in [7, 11) is -2.39. The Morgan fingerprint density at radius 2 is 2.11 bits per heavy atom. The quantitative estimate of drug-likeness (QED) is 0.623. The number of hydrogen-bond acceptors (Lipinski definition) is 5. The first-order valence-electron chi connectivity index (χ1n) is 8.78. The van der Waals surface area contributed by atoms with Gasteiger partial charge in [0.2, 0.25) is 5.91 Å². The van der Waals surface area contributed by atoms with Crippen molar-refractivity contribution in [1.82, 2.24) is 9.88 Å². The molecule has 0 aliphatic rings. The van der Waals surface area contributed by atoms with Crippen molar-refractivity contribution in [2.24, 2.45) is 10.7 Å². The van der Waals surface area contributed by atoms with E-state index in [1.165, 1.54) is 24.2 Å². The van der Waals surface area contributed by atoms with Gasteiger partial charge in [0.25, 0.3) is 0 Å². The molecular formula is C18H25F3N4O2S. The van der Waals surface area contributed by atoms with Gasteiger partial charge in [0, 0.05) is 29.2 Å². The third-order valence-corrected chi connectivity index (χ3v) is 5.35. The highest BCUT2D eigenvalue weighted by atomic mass is 32.2. The summed E-state index contributed by atoms with van der Waals surface area (Å²) in [5, 5.41) is -1.34. The molecule has 1 rings (SSSR count). The van der Waals surface area contributed by atoms with Crippen LogP contribution in [0.3, 0.4) is 0 Å². The van der Waals surface area contributed by atoms with E-state index in [0.29, 0.717) is 24.2 Å². The van der Waals surface area contributed by atoms with Crippen molar-refractivity contribution >= 4 is 28.6 Å². The van der Waals surface area contributed by atoms with Crippen molar-refractivity contribution in [1.29, 1.82) is 0 Å². The molecule has 1 aromatic heterocycles. The van der Waals surface area contributed by atoms with Gasteiger partial charge in [-0.05, 0) is 32.4 Å². The maximum Gasteiger partial charge on any atom is 0.400 e. The van der Waals surface area contributed by atoms with Crippen LogP contribution in [0.5, 0.6) is 0 Å². The van der Waals surface area contributed by atoms with Crippen LogP contribution in [0.2, 0.25) is 0 Å². The molecule has 0 bridgehead atoms. The molecule has 0 radical (unpaired) electrons. The molecule has 0 aromatic carbocycles. The number of allylic oxidation sites excluding steroid dienone is 2. The molecule has 1 amide bonds. The number of hydrogen-bond donors (Lipinski definition) is 1. The monoisotopic (exact) mass is 418 g/mol. The smallest absolute Gasteiger partial charge is 0.400 e. The number of halogens is 3. The van der Waals surface area contributed by atoms with E-state index in [-0.39, 0.29) is 12.2 Å². The van der Waals surface area contributed by atoms with Crippen LogP contribution in [0.25, 0.3) is 0 Å². The fraction of sp³-hybridized carbons (Fsp3) is 0.500. The number of aromatic nitrogens is 1. The summed E-state index contributed by atoms with van der Waals surface area (Å²) < 4.78 is 49.6. The standard InChI is InChI=1S/C18H25F3N4O2S/c1-4-7-15(22)16(11-24-14-8-6-9-23-10-14)25(5-2)17(26)13(3)28(27)12-18(19,20)21/h6,8-11,13H,4-5,7,12,22H2,1-3H3. The van der Waals surface area contributed by atoms with Crippen LogP contribution in [0.1, 0.15) is 33.6 Å². The Balaban J connectivity index is 3.18. The minimum atomic E-state index is -4.61. The van der Waals surface area contributed by atoms with Gasteiger partial charge in [0.1, 0.15) is 11.0 Å². The van der Waals surface area contributed by atoms with Crippen molar-refractivity contribution in [3.8, 4) is 0 Å². The third kappa shape index (κ3) is 7.41. The van der Waals surface area contributed by atoms with E-state index in [1.54, 1.807) is 25.3 Å². The summed E-state index contributed by atoms with van der Waals surface area (Å²) in [6.07, 6.45) is 1.06. The lowest BCUT2D eigenvalue weighted by molar-refractivity contribution is -0.128. The van der Waals surface area contributed by atoms with E-state index >= 15 is 0 Å². The van der Waals surface area contributed by atoms with Crippen LogP contribution < -0.4 is 5.73 Å². The molecule has 2 N–H and O–H groups in total. The van der Waals surface area contributed by atoms with Gasteiger partial charge in [-0.15, -0.1) is 0 Å². The van der Waals surface area contributed by atoms with E-state index in [1.807, 2.05) is 6.92 Å². The number of rotatable bonds is 9. The highest BCUT2D eigenvalue weighted by Gasteiger charge is 2.36. The summed E-state index contributed by atoms with van der Waals surface area (Å²) in [6, 6.07) is 3.40. The van der Waals surface area contributed by atoms with Gasteiger partial charge in [-0.1, -0.05) is 13.3 Å². The molecule has 0 spiro atoms. The lowest BCUT2D eigenvalue weighted by Crippen LogP contribution is -2.42. The molecule has 1 heterocycles. The number of carbonyl (C=O) groups excluding carboxylic acids is 1. The molecule has 28 heavy (non-hydrogen) atoms. The molecule has 10 heteroatoms. The van der Waals surface area contributed by atoms with Crippen LogP contribution >= 0.6 is 0 Å². The number of nitrogens with two attached hydrogens (primary N) is 1. The summed E-state index contributed by atoms with van der Waals surface area (Å²) in [5.41, 5.74) is 7.30. The number of amides is 1. The van der Waals surface area contributed by atoms with Crippen molar-refractivity contribution in [3.05, 3.63) is 35.9 Å². The van der Waals surface area contributed by atoms with Crippen molar-refractivity contribution < 1.29 is 22.2 Å². The molecule has 0 aliphatic carbocycles. The maximum absolute atomic E-state index is 12.8. The highest BCUT2D eigenvalue weighted by molar-refractivity contribution is 7.86. The average Bonchev–Trinajstić information content (AvgIpc) is 2.63. The zero-order valence-corrected chi connectivity index (χ0v) is 16.9. The van der Waals surface area contributed by atoms with Gasteiger partial charge in [-0.3, -0.25) is 19.0 Å². The van der Waals surface area contributed by atoms with E-state index in [4.69, 9.17) is 5.73 Å². The SMILES string of the molecule is CCCC(N)=C(C=Nc1cccnc1)N(CC)C(=O)C(C)S(=O)CC(F)(F)F. The number of pyridine rings is 1. The molecule has 0 saturated carbocycles.